The number of nitrogens with zero attached hydrogens (tertiary/aromatic N) is 2. The van der Waals surface area contributed by atoms with E-state index in [0.29, 0.717) is 5.89 Å². The normalized spacial score (nSPS) is 7.62. The van der Waals surface area contributed by atoms with Crippen LogP contribution in [0.4, 0.5) is 0 Å². The minimum Gasteiger partial charge on any atom is -0.612 e. The van der Waals surface area contributed by atoms with Gasteiger partial charge in [-0.2, -0.15) is 0 Å². The first-order valence-electron chi connectivity index (χ1n) is 3.72. The quantitative estimate of drug-likeness (QED) is 0.786. The fourth-order valence-electron chi connectivity index (χ4n) is 0.441. The van der Waals surface area contributed by atoms with Crippen LogP contribution in [0.25, 0.3) is 0 Å². The maximum atomic E-state index is 10.3. The minimum absolute atomic E-state index is 0. The van der Waals surface area contributed by atoms with Crippen molar-refractivity contribution in [3.8, 4) is 0 Å². The smallest absolute Gasteiger partial charge is 0.215 e. The van der Waals surface area contributed by atoms with Crippen molar-refractivity contribution in [3.05, 3.63) is 12.3 Å². The molecule has 6 heteroatoms. The first kappa shape index (κ1) is 15.2. The van der Waals surface area contributed by atoms with E-state index < -0.39 is 0 Å². The Labute approximate surface area is 103 Å². The number of hydrogen-bond acceptors (Lipinski definition) is 4. The second kappa shape index (κ2) is 9.80. The van der Waals surface area contributed by atoms with Gasteiger partial charge < -0.3 is 9.73 Å². The summed E-state index contributed by atoms with van der Waals surface area (Å²) in [5, 5.41) is 9.30. The van der Waals surface area contributed by atoms with Crippen molar-refractivity contribution in [1.82, 2.24) is 15.5 Å². The van der Waals surface area contributed by atoms with Crippen LogP contribution in [-0.4, -0.2) is 16.1 Å². The molecule has 13 heavy (non-hydrogen) atoms. The largest absolute Gasteiger partial charge is 0.612 e. The predicted molar refractivity (Wildman–Crippen MR) is 42.0 cm³/mol. The van der Waals surface area contributed by atoms with Crippen LogP contribution in [0.3, 0.4) is 0 Å². The van der Waals surface area contributed by atoms with E-state index in [2.05, 4.69) is 26.3 Å². The molecule has 0 aliphatic rings. The van der Waals surface area contributed by atoms with E-state index in [-0.39, 0.29) is 45.2 Å². The zero-order valence-corrected chi connectivity index (χ0v) is 10.8. The van der Waals surface area contributed by atoms with E-state index in [1.165, 1.54) is 6.92 Å². The molecule has 1 amide bonds. The SMILES string of the molecule is CC.CC(=O)NCc1nn[c-]o1.[Y]. The van der Waals surface area contributed by atoms with Crippen LogP contribution >= 0.6 is 0 Å². The van der Waals surface area contributed by atoms with Crippen LogP contribution in [0.2, 0.25) is 0 Å². The molecule has 0 bridgehead atoms. The van der Waals surface area contributed by atoms with Crippen molar-refractivity contribution < 1.29 is 41.9 Å². The Morgan fingerprint density at radius 1 is 1.62 bits per heavy atom. The minimum atomic E-state index is -0.127. The standard InChI is InChI=1S/C5H6N3O2.C2H6.Y/c1-4(9)6-2-5-8-7-3-10-5;1-2;/h2H2,1H3,(H,6,9);1-2H3;/q-1;;. The van der Waals surface area contributed by atoms with Gasteiger partial charge in [0, 0.05) is 46.2 Å². The fraction of sp³-hybridized carbons (Fsp3) is 0.571. The Hall–Kier alpha value is -0.286. The molecule has 1 N–H and O–H groups in total. The summed E-state index contributed by atoms with van der Waals surface area (Å²) >= 11 is 0. The van der Waals surface area contributed by atoms with E-state index in [0.717, 1.165) is 0 Å². The molecule has 0 saturated carbocycles. The molecule has 0 atom stereocenters. The summed E-state index contributed by atoms with van der Waals surface area (Å²) in [4.78, 5) is 10.3. The van der Waals surface area contributed by atoms with Crippen molar-refractivity contribution in [1.29, 1.82) is 0 Å². The van der Waals surface area contributed by atoms with Gasteiger partial charge in [0.05, 0.1) is 12.3 Å². The molecule has 0 spiro atoms. The average Bonchev–Trinajstić information content (AvgIpc) is 2.56. The number of nitrogens with one attached hydrogen (secondary N) is 1. The molecule has 0 aliphatic carbocycles. The number of hydrogen-bond donors (Lipinski definition) is 1. The van der Waals surface area contributed by atoms with E-state index in [1.807, 2.05) is 13.8 Å². The molecule has 1 rings (SSSR count). The van der Waals surface area contributed by atoms with E-state index >= 15 is 0 Å². The number of rotatable bonds is 2. The van der Waals surface area contributed by atoms with Crippen molar-refractivity contribution in [2.75, 3.05) is 0 Å². The Bertz CT molecular complexity index is 214. The molecule has 1 radical (unpaired) electrons. The summed E-state index contributed by atoms with van der Waals surface area (Å²) in [7, 11) is 0. The van der Waals surface area contributed by atoms with Gasteiger partial charge in [-0.15, -0.1) is 0 Å². The van der Waals surface area contributed by atoms with Crippen LogP contribution in [0.15, 0.2) is 4.42 Å². The summed E-state index contributed by atoms with van der Waals surface area (Å²) in [5.74, 6) is 0.230. The Balaban J connectivity index is 0. The van der Waals surface area contributed by atoms with Crippen molar-refractivity contribution >= 4 is 5.91 Å². The molecule has 0 fully saturated rings. The number of carbonyl (C=O) groups excluding carboxylic acids is 1. The second-order valence-electron chi connectivity index (χ2n) is 1.70. The third-order valence-corrected chi connectivity index (χ3v) is 0.854. The summed E-state index contributed by atoms with van der Waals surface area (Å²) in [6, 6.07) is 0. The van der Waals surface area contributed by atoms with Crippen molar-refractivity contribution in [2.45, 2.75) is 27.3 Å². The van der Waals surface area contributed by atoms with Gasteiger partial charge in [0.1, 0.15) is 0 Å². The summed E-state index contributed by atoms with van der Waals surface area (Å²) in [5.41, 5.74) is 0. The van der Waals surface area contributed by atoms with Gasteiger partial charge in [-0.3, -0.25) is 4.79 Å². The third kappa shape index (κ3) is 8.06. The predicted octanol–water partition coefficient (Wildman–Crippen LogP) is 0.530. The van der Waals surface area contributed by atoms with Crippen LogP contribution in [0.1, 0.15) is 26.7 Å². The van der Waals surface area contributed by atoms with Gasteiger partial charge in [0.25, 0.3) is 0 Å². The van der Waals surface area contributed by atoms with Crippen LogP contribution in [0, 0.1) is 6.39 Å². The van der Waals surface area contributed by atoms with Crippen molar-refractivity contribution in [2.24, 2.45) is 0 Å². The molecule has 1 heterocycles. The molecule has 1 aromatic heterocycles. The fourth-order valence-corrected chi connectivity index (χ4v) is 0.441. The molecule has 0 unspecified atom stereocenters. The molecule has 5 nitrogen and oxygen atoms in total. The van der Waals surface area contributed by atoms with Crippen LogP contribution in [-0.2, 0) is 44.0 Å². The van der Waals surface area contributed by atoms with Crippen LogP contribution < -0.4 is 5.32 Å². The summed E-state index contributed by atoms with van der Waals surface area (Å²) in [6.45, 7) is 5.69. The summed E-state index contributed by atoms with van der Waals surface area (Å²) in [6.07, 6.45) is 2.17. The van der Waals surface area contributed by atoms with E-state index in [1.54, 1.807) is 0 Å². The van der Waals surface area contributed by atoms with Gasteiger partial charge in [-0.25, -0.2) is 10.2 Å². The van der Waals surface area contributed by atoms with E-state index in [9.17, 15) is 4.79 Å². The topological polar surface area (TPSA) is 68.0 Å². The zero-order valence-electron chi connectivity index (χ0n) is 8.00. The third-order valence-electron chi connectivity index (χ3n) is 0.854. The second-order valence-corrected chi connectivity index (χ2v) is 1.70. The maximum Gasteiger partial charge on any atom is 0.215 e. The average molecular weight is 259 g/mol. The van der Waals surface area contributed by atoms with Crippen molar-refractivity contribution in [3.63, 3.8) is 0 Å². The Morgan fingerprint density at radius 2 is 2.23 bits per heavy atom. The molecule has 1 aromatic rings. The molecular weight excluding hydrogens is 247 g/mol. The van der Waals surface area contributed by atoms with Gasteiger partial charge in [0.2, 0.25) is 5.91 Å². The van der Waals surface area contributed by atoms with Gasteiger partial charge >= 0.3 is 0 Å². The molecule has 0 saturated heterocycles. The number of amides is 1. The Kier molecular flexibility index (Phi) is 11.5. The van der Waals surface area contributed by atoms with Gasteiger partial charge in [0.15, 0.2) is 0 Å². The van der Waals surface area contributed by atoms with Gasteiger partial charge in [-0.1, -0.05) is 13.8 Å². The molecule has 0 aliphatic heterocycles. The van der Waals surface area contributed by atoms with Crippen LogP contribution in [0.5, 0.6) is 0 Å². The maximum absolute atomic E-state index is 10.3. The van der Waals surface area contributed by atoms with Gasteiger partial charge in [-0.05, 0) is 0 Å². The van der Waals surface area contributed by atoms with E-state index in [4.69, 9.17) is 0 Å². The first-order valence-corrected chi connectivity index (χ1v) is 3.72. The zero-order chi connectivity index (χ0) is 9.40. The molecule has 0 aromatic carbocycles. The Morgan fingerprint density at radius 3 is 2.62 bits per heavy atom. The number of carbonyl (C=O) groups is 1. The monoisotopic (exact) mass is 259 g/mol. The number of aromatic nitrogens is 2. The first-order chi connectivity index (χ1) is 5.79. The summed E-state index contributed by atoms with van der Waals surface area (Å²) < 4.78 is 4.62. The molecule has 71 valence electrons. The molecular formula is C7H12N3O2Y-.